The zero-order valence-electron chi connectivity index (χ0n) is 17.1. The van der Waals surface area contributed by atoms with Gasteiger partial charge in [0.15, 0.2) is 6.20 Å². The lowest BCUT2D eigenvalue weighted by Crippen LogP contribution is -2.32. The number of carbonyl (C=O) groups excluding carboxylic acids is 1. The molecule has 0 aliphatic heterocycles. The number of nitrogens with one attached hydrogen (secondary N) is 2. The van der Waals surface area contributed by atoms with Crippen molar-refractivity contribution in [3.05, 3.63) is 95.5 Å². The second-order valence-corrected chi connectivity index (χ2v) is 8.07. The Kier molecular flexibility index (Phi) is 6.43. The van der Waals surface area contributed by atoms with Gasteiger partial charge in [0.2, 0.25) is 5.91 Å². The standard InChI is InChI=1S/C24H23N3O3S/c1-30-18-11-9-17(10-12-18)20(21-15-25-22-7-3-2-6-19(21)22)14-26-23(28)16-31-24-8-4-5-13-27(24)29/h2-13,15,20,25H,14,16H2,1H3,(H,26,28). The summed E-state index contributed by atoms with van der Waals surface area (Å²) < 4.78 is 6.05. The van der Waals surface area contributed by atoms with Gasteiger partial charge < -0.3 is 20.2 Å². The van der Waals surface area contributed by atoms with E-state index in [0.717, 1.165) is 32.5 Å². The maximum absolute atomic E-state index is 12.5. The number of para-hydroxylation sites is 1. The predicted octanol–water partition coefficient (Wildman–Crippen LogP) is 3.85. The van der Waals surface area contributed by atoms with Crippen LogP contribution in [0.25, 0.3) is 10.9 Å². The summed E-state index contributed by atoms with van der Waals surface area (Å²) in [5.74, 6) is 0.815. The minimum atomic E-state index is -0.118. The Morgan fingerprint density at radius 3 is 2.68 bits per heavy atom. The van der Waals surface area contributed by atoms with Crippen LogP contribution in [-0.4, -0.2) is 30.3 Å². The molecule has 1 amide bonds. The van der Waals surface area contributed by atoms with Crippen molar-refractivity contribution in [1.29, 1.82) is 0 Å². The van der Waals surface area contributed by atoms with Crippen molar-refractivity contribution < 1.29 is 14.3 Å². The number of nitrogens with zero attached hydrogens (tertiary/aromatic N) is 1. The number of hydrogen-bond donors (Lipinski definition) is 2. The molecule has 6 nitrogen and oxygen atoms in total. The van der Waals surface area contributed by atoms with Crippen LogP contribution < -0.4 is 14.8 Å². The van der Waals surface area contributed by atoms with Gasteiger partial charge in [-0.1, -0.05) is 30.3 Å². The number of aromatic nitrogens is 2. The second kappa shape index (κ2) is 9.57. The van der Waals surface area contributed by atoms with E-state index in [-0.39, 0.29) is 17.6 Å². The molecule has 31 heavy (non-hydrogen) atoms. The number of carbonyl (C=O) groups is 1. The number of H-pyrrole nitrogens is 1. The molecule has 4 aromatic rings. The third-order valence-corrected chi connectivity index (χ3v) is 6.18. The molecule has 0 aliphatic carbocycles. The van der Waals surface area contributed by atoms with Gasteiger partial charge in [-0.05, 0) is 47.2 Å². The fourth-order valence-electron chi connectivity index (χ4n) is 3.56. The van der Waals surface area contributed by atoms with Crippen molar-refractivity contribution in [2.24, 2.45) is 0 Å². The molecule has 4 rings (SSSR count). The molecular weight excluding hydrogens is 410 g/mol. The van der Waals surface area contributed by atoms with Crippen molar-refractivity contribution in [2.75, 3.05) is 19.4 Å². The molecule has 7 heteroatoms. The summed E-state index contributed by atoms with van der Waals surface area (Å²) in [5.41, 5.74) is 3.26. The van der Waals surface area contributed by atoms with Gasteiger partial charge in [-0.15, -0.1) is 0 Å². The number of methoxy groups -OCH3 is 1. The van der Waals surface area contributed by atoms with Crippen molar-refractivity contribution in [1.82, 2.24) is 10.3 Å². The van der Waals surface area contributed by atoms with Gasteiger partial charge in [0, 0.05) is 41.7 Å². The van der Waals surface area contributed by atoms with E-state index in [1.165, 1.54) is 18.0 Å². The number of aromatic amines is 1. The topological polar surface area (TPSA) is 81.1 Å². The highest BCUT2D eigenvalue weighted by molar-refractivity contribution is 7.99. The highest BCUT2D eigenvalue weighted by Crippen LogP contribution is 2.31. The molecule has 158 valence electrons. The summed E-state index contributed by atoms with van der Waals surface area (Å²) in [6, 6.07) is 21.2. The number of fused-ring (bicyclic) bond motifs is 1. The van der Waals surface area contributed by atoms with E-state index >= 15 is 0 Å². The maximum atomic E-state index is 12.5. The van der Waals surface area contributed by atoms with Crippen LogP contribution in [0.1, 0.15) is 17.0 Å². The molecule has 1 atom stereocenters. The van der Waals surface area contributed by atoms with Gasteiger partial charge in [0.05, 0.1) is 12.9 Å². The molecule has 2 aromatic heterocycles. The molecule has 2 heterocycles. The zero-order chi connectivity index (χ0) is 21.6. The van der Waals surface area contributed by atoms with Crippen molar-refractivity contribution >= 4 is 28.6 Å². The number of ether oxygens (including phenoxy) is 1. The number of amides is 1. The molecule has 0 fully saturated rings. The summed E-state index contributed by atoms with van der Waals surface area (Å²) in [4.78, 5) is 15.8. The Balaban J connectivity index is 1.52. The van der Waals surface area contributed by atoms with Crippen molar-refractivity contribution in [3.8, 4) is 5.75 Å². The number of benzene rings is 2. The van der Waals surface area contributed by atoms with Crippen LogP contribution in [0.15, 0.2) is 84.1 Å². The molecule has 0 radical (unpaired) electrons. The first-order valence-corrected chi connectivity index (χ1v) is 10.9. The van der Waals surface area contributed by atoms with E-state index in [2.05, 4.69) is 16.4 Å². The molecule has 0 aliphatic rings. The molecule has 2 N–H and O–H groups in total. The van der Waals surface area contributed by atoms with Gasteiger partial charge in [-0.2, -0.15) is 4.73 Å². The van der Waals surface area contributed by atoms with Gasteiger partial charge in [-0.3, -0.25) is 4.79 Å². The van der Waals surface area contributed by atoms with E-state index in [4.69, 9.17) is 4.74 Å². The highest BCUT2D eigenvalue weighted by atomic mass is 32.2. The monoisotopic (exact) mass is 433 g/mol. The molecule has 0 bridgehead atoms. The van der Waals surface area contributed by atoms with Gasteiger partial charge in [0.1, 0.15) is 5.75 Å². The smallest absolute Gasteiger partial charge is 0.251 e. The third kappa shape index (κ3) is 4.83. The molecule has 0 saturated carbocycles. The average molecular weight is 434 g/mol. The lowest BCUT2D eigenvalue weighted by molar-refractivity contribution is -0.645. The molecule has 0 spiro atoms. The van der Waals surface area contributed by atoms with E-state index in [9.17, 15) is 10.0 Å². The first kappa shape index (κ1) is 20.8. The summed E-state index contributed by atoms with van der Waals surface area (Å²) in [6.45, 7) is 0.444. The summed E-state index contributed by atoms with van der Waals surface area (Å²) >= 11 is 1.22. The molecular formula is C24H23N3O3S. The molecule has 2 aromatic carbocycles. The van der Waals surface area contributed by atoms with E-state index in [1.54, 1.807) is 25.3 Å². The normalized spacial score (nSPS) is 11.9. The Labute approximate surface area is 184 Å². The molecule has 0 saturated heterocycles. The summed E-state index contributed by atoms with van der Waals surface area (Å²) in [6.07, 6.45) is 3.43. The second-order valence-electron chi connectivity index (χ2n) is 7.07. The number of rotatable bonds is 8. The Morgan fingerprint density at radius 1 is 1.13 bits per heavy atom. The third-order valence-electron chi connectivity index (χ3n) is 5.16. The quantitative estimate of drug-likeness (QED) is 0.251. The van der Waals surface area contributed by atoms with E-state index in [1.807, 2.05) is 48.7 Å². The van der Waals surface area contributed by atoms with Crippen LogP contribution in [0.2, 0.25) is 0 Å². The largest absolute Gasteiger partial charge is 0.618 e. The van der Waals surface area contributed by atoms with Gasteiger partial charge in [0.25, 0.3) is 5.03 Å². The fraction of sp³-hybridized carbons (Fsp3) is 0.167. The van der Waals surface area contributed by atoms with Crippen LogP contribution in [0.3, 0.4) is 0 Å². The highest BCUT2D eigenvalue weighted by Gasteiger charge is 2.19. The lowest BCUT2D eigenvalue weighted by Gasteiger charge is -2.18. The van der Waals surface area contributed by atoms with Gasteiger partial charge >= 0.3 is 0 Å². The predicted molar refractivity (Wildman–Crippen MR) is 122 cm³/mol. The maximum Gasteiger partial charge on any atom is 0.251 e. The summed E-state index contributed by atoms with van der Waals surface area (Å²) in [7, 11) is 1.64. The molecule has 1 unspecified atom stereocenters. The zero-order valence-corrected chi connectivity index (χ0v) is 17.9. The Hall–Kier alpha value is -3.45. The summed E-state index contributed by atoms with van der Waals surface area (Å²) in [5, 5.41) is 16.4. The van der Waals surface area contributed by atoms with Crippen LogP contribution in [0.5, 0.6) is 5.75 Å². The minimum absolute atomic E-state index is 0.0304. The van der Waals surface area contributed by atoms with Crippen LogP contribution in [0, 0.1) is 5.21 Å². The number of hydrogen-bond acceptors (Lipinski definition) is 4. The fourth-order valence-corrected chi connectivity index (χ4v) is 4.30. The number of pyridine rings is 1. The Bertz CT molecular complexity index is 1170. The average Bonchev–Trinajstić information content (AvgIpc) is 3.23. The van der Waals surface area contributed by atoms with Gasteiger partial charge in [-0.25, -0.2) is 0 Å². The van der Waals surface area contributed by atoms with E-state index < -0.39 is 0 Å². The number of thioether (sulfide) groups is 1. The van der Waals surface area contributed by atoms with Crippen LogP contribution >= 0.6 is 11.8 Å². The first-order chi connectivity index (χ1) is 15.2. The lowest BCUT2D eigenvalue weighted by atomic mass is 9.91. The van der Waals surface area contributed by atoms with Crippen LogP contribution in [-0.2, 0) is 4.79 Å². The van der Waals surface area contributed by atoms with Crippen LogP contribution in [0.4, 0.5) is 0 Å². The minimum Gasteiger partial charge on any atom is -0.618 e. The SMILES string of the molecule is COc1ccc(C(CNC(=O)CSc2cccc[n+]2[O-])c2c[nH]c3ccccc23)cc1. The Morgan fingerprint density at radius 2 is 1.90 bits per heavy atom. The first-order valence-electron chi connectivity index (χ1n) is 9.93. The van der Waals surface area contributed by atoms with Crippen molar-refractivity contribution in [2.45, 2.75) is 10.9 Å². The van der Waals surface area contributed by atoms with E-state index in [0.29, 0.717) is 11.6 Å². The van der Waals surface area contributed by atoms with Crippen molar-refractivity contribution in [3.63, 3.8) is 0 Å².